The molecule has 0 aromatic heterocycles. The first-order valence-corrected chi connectivity index (χ1v) is 9.57. The number of benzene rings is 1. The van der Waals surface area contributed by atoms with Crippen LogP contribution in [-0.2, 0) is 19.1 Å². The van der Waals surface area contributed by atoms with Gasteiger partial charge < -0.3 is 10.1 Å². The maximum absolute atomic E-state index is 12.2. The standard InChI is InChI=1S/C17H19Cl2NO5S/c1-3-13(20-15(23)7-8-26-10(2)21)14(22)9-25-17(24)16-11(18)5-4-6-12(16)19/h4-6,13H,3,7-9H2,1-2H3,(H,20,23). The molecule has 1 amide bonds. The molecule has 1 rings (SSSR count). The van der Waals surface area contributed by atoms with E-state index in [0.29, 0.717) is 12.2 Å². The Morgan fingerprint density at radius 3 is 2.35 bits per heavy atom. The van der Waals surface area contributed by atoms with Crippen molar-refractivity contribution < 1.29 is 23.9 Å². The van der Waals surface area contributed by atoms with Crippen LogP contribution in [-0.4, -0.2) is 41.2 Å². The number of Topliss-reactive ketones (excluding diaryl/α,β-unsaturated/α-hetero) is 1. The summed E-state index contributed by atoms with van der Waals surface area (Å²) in [5.74, 6) is -1.27. The average molecular weight is 420 g/mol. The minimum atomic E-state index is -0.812. The van der Waals surface area contributed by atoms with E-state index in [2.05, 4.69) is 5.32 Å². The summed E-state index contributed by atoms with van der Waals surface area (Å²) in [5, 5.41) is 2.74. The van der Waals surface area contributed by atoms with Crippen LogP contribution in [0.25, 0.3) is 0 Å². The summed E-state index contributed by atoms with van der Waals surface area (Å²) in [4.78, 5) is 46.9. The molecule has 1 atom stereocenters. The quantitative estimate of drug-likeness (QED) is 0.617. The molecule has 0 bridgehead atoms. The van der Waals surface area contributed by atoms with Gasteiger partial charge in [-0.1, -0.05) is 48.0 Å². The number of ether oxygens (including phenoxy) is 1. The smallest absolute Gasteiger partial charge is 0.341 e. The Bertz CT molecular complexity index is 675. The van der Waals surface area contributed by atoms with Crippen molar-refractivity contribution in [3.63, 3.8) is 0 Å². The third-order valence-corrected chi connectivity index (χ3v) is 4.72. The Kier molecular flexibility index (Phi) is 9.69. The average Bonchev–Trinajstić information content (AvgIpc) is 2.57. The number of thioether (sulfide) groups is 1. The number of carbonyl (C=O) groups is 4. The van der Waals surface area contributed by atoms with E-state index in [-0.39, 0.29) is 33.1 Å². The van der Waals surface area contributed by atoms with Gasteiger partial charge in [0.05, 0.1) is 21.7 Å². The van der Waals surface area contributed by atoms with Crippen LogP contribution in [0.1, 0.15) is 37.0 Å². The summed E-state index contributed by atoms with van der Waals surface area (Å²) in [6.45, 7) is 2.63. The third kappa shape index (κ3) is 7.35. The molecule has 142 valence electrons. The number of nitrogens with one attached hydrogen (secondary N) is 1. The van der Waals surface area contributed by atoms with Crippen LogP contribution in [0.3, 0.4) is 0 Å². The molecule has 6 nitrogen and oxygen atoms in total. The van der Waals surface area contributed by atoms with E-state index >= 15 is 0 Å². The van der Waals surface area contributed by atoms with Crippen molar-refractivity contribution in [1.29, 1.82) is 0 Å². The van der Waals surface area contributed by atoms with Gasteiger partial charge in [-0.15, -0.1) is 0 Å². The van der Waals surface area contributed by atoms with E-state index in [9.17, 15) is 19.2 Å². The molecule has 0 heterocycles. The molecule has 1 aromatic carbocycles. The fourth-order valence-electron chi connectivity index (χ4n) is 1.97. The fourth-order valence-corrected chi connectivity index (χ4v) is 3.09. The third-order valence-electron chi connectivity index (χ3n) is 3.28. The largest absolute Gasteiger partial charge is 0.454 e. The van der Waals surface area contributed by atoms with E-state index < -0.39 is 24.4 Å². The maximum atomic E-state index is 12.2. The van der Waals surface area contributed by atoms with Crippen LogP contribution in [0.5, 0.6) is 0 Å². The monoisotopic (exact) mass is 419 g/mol. The normalized spacial score (nSPS) is 11.5. The van der Waals surface area contributed by atoms with Gasteiger partial charge in [0.1, 0.15) is 0 Å². The lowest BCUT2D eigenvalue weighted by Crippen LogP contribution is -2.42. The highest BCUT2D eigenvalue weighted by Gasteiger charge is 2.22. The molecule has 0 aliphatic carbocycles. The van der Waals surface area contributed by atoms with Crippen LogP contribution in [0.4, 0.5) is 0 Å². The SMILES string of the molecule is CCC(NC(=O)CCSC(C)=O)C(=O)COC(=O)c1c(Cl)cccc1Cl. The summed E-state index contributed by atoms with van der Waals surface area (Å²) in [5.41, 5.74) is -0.0121. The minimum Gasteiger partial charge on any atom is -0.454 e. The van der Waals surface area contributed by atoms with Crippen LogP contribution < -0.4 is 5.32 Å². The molecule has 0 aliphatic rings. The van der Waals surface area contributed by atoms with Crippen molar-refractivity contribution >= 4 is 57.7 Å². The second-order valence-electron chi connectivity index (χ2n) is 5.26. The van der Waals surface area contributed by atoms with Crippen molar-refractivity contribution in [3.05, 3.63) is 33.8 Å². The van der Waals surface area contributed by atoms with Crippen molar-refractivity contribution in [3.8, 4) is 0 Å². The topological polar surface area (TPSA) is 89.5 Å². The summed E-state index contributed by atoms with van der Waals surface area (Å²) >= 11 is 12.9. The van der Waals surface area contributed by atoms with E-state index in [1.807, 2.05) is 0 Å². The van der Waals surface area contributed by atoms with Gasteiger partial charge in [-0.3, -0.25) is 14.4 Å². The molecule has 0 aliphatic heterocycles. The Hall–Kier alpha value is -1.57. The maximum Gasteiger partial charge on any atom is 0.341 e. The number of esters is 1. The molecule has 0 radical (unpaired) electrons. The van der Waals surface area contributed by atoms with Crippen molar-refractivity contribution in [2.45, 2.75) is 32.7 Å². The molecule has 0 saturated heterocycles. The lowest BCUT2D eigenvalue weighted by Gasteiger charge is -2.16. The Morgan fingerprint density at radius 2 is 1.81 bits per heavy atom. The molecule has 1 aromatic rings. The second kappa shape index (κ2) is 11.2. The van der Waals surface area contributed by atoms with E-state index in [4.69, 9.17) is 27.9 Å². The van der Waals surface area contributed by atoms with Gasteiger partial charge in [0.2, 0.25) is 5.91 Å². The van der Waals surface area contributed by atoms with Crippen molar-refractivity contribution in [2.24, 2.45) is 0 Å². The number of hydrogen-bond donors (Lipinski definition) is 1. The number of ketones is 1. The Balaban J connectivity index is 2.55. The molecule has 1 N–H and O–H groups in total. The van der Waals surface area contributed by atoms with Crippen LogP contribution in [0.2, 0.25) is 10.0 Å². The zero-order chi connectivity index (χ0) is 19.7. The number of carbonyl (C=O) groups excluding carboxylic acids is 4. The molecular weight excluding hydrogens is 401 g/mol. The highest BCUT2D eigenvalue weighted by molar-refractivity contribution is 8.13. The second-order valence-corrected chi connectivity index (χ2v) is 7.34. The van der Waals surface area contributed by atoms with Crippen LogP contribution in [0.15, 0.2) is 18.2 Å². The van der Waals surface area contributed by atoms with E-state index in [0.717, 1.165) is 11.8 Å². The first-order chi connectivity index (χ1) is 12.3. The Labute approximate surface area is 165 Å². The highest BCUT2D eigenvalue weighted by atomic mass is 35.5. The van der Waals surface area contributed by atoms with E-state index in [1.165, 1.54) is 19.1 Å². The van der Waals surface area contributed by atoms with Gasteiger partial charge in [0.15, 0.2) is 17.5 Å². The van der Waals surface area contributed by atoms with Gasteiger partial charge in [0, 0.05) is 19.1 Å². The van der Waals surface area contributed by atoms with Gasteiger partial charge in [-0.2, -0.15) is 0 Å². The van der Waals surface area contributed by atoms with Gasteiger partial charge in [-0.25, -0.2) is 4.79 Å². The van der Waals surface area contributed by atoms with Gasteiger partial charge >= 0.3 is 5.97 Å². The van der Waals surface area contributed by atoms with Crippen LogP contribution in [0, 0.1) is 0 Å². The van der Waals surface area contributed by atoms with Gasteiger partial charge in [-0.05, 0) is 18.6 Å². The lowest BCUT2D eigenvalue weighted by molar-refractivity contribution is -0.129. The summed E-state index contributed by atoms with van der Waals surface area (Å²) in [7, 11) is 0. The summed E-state index contributed by atoms with van der Waals surface area (Å²) in [6.07, 6.45) is 0.456. The Morgan fingerprint density at radius 1 is 1.19 bits per heavy atom. The molecule has 0 fully saturated rings. The minimum absolute atomic E-state index is 0.0121. The molecule has 1 unspecified atom stereocenters. The molecule has 0 spiro atoms. The molecule has 9 heteroatoms. The molecular formula is C17H19Cl2NO5S. The predicted molar refractivity (Wildman–Crippen MR) is 102 cm³/mol. The lowest BCUT2D eigenvalue weighted by atomic mass is 10.1. The number of hydrogen-bond acceptors (Lipinski definition) is 6. The fraction of sp³-hybridized carbons (Fsp3) is 0.412. The summed E-state index contributed by atoms with van der Waals surface area (Å²) in [6, 6.07) is 3.78. The number of rotatable bonds is 9. The number of amides is 1. The number of halogens is 2. The van der Waals surface area contributed by atoms with Crippen molar-refractivity contribution in [1.82, 2.24) is 5.32 Å². The summed E-state index contributed by atoms with van der Waals surface area (Å²) < 4.78 is 4.97. The molecule has 26 heavy (non-hydrogen) atoms. The highest BCUT2D eigenvalue weighted by Crippen LogP contribution is 2.24. The first kappa shape index (κ1) is 22.5. The van der Waals surface area contributed by atoms with Crippen molar-refractivity contribution in [2.75, 3.05) is 12.4 Å². The van der Waals surface area contributed by atoms with E-state index in [1.54, 1.807) is 13.0 Å². The predicted octanol–water partition coefficient (Wildman–Crippen LogP) is 3.28. The zero-order valence-electron chi connectivity index (χ0n) is 14.3. The zero-order valence-corrected chi connectivity index (χ0v) is 16.7. The van der Waals surface area contributed by atoms with Gasteiger partial charge in [0.25, 0.3) is 0 Å². The van der Waals surface area contributed by atoms with Crippen LogP contribution >= 0.6 is 35.0 Å². The molecule has 0 saturated carbocycles. The first-order valence-electron chi connectivity index (χ1n) is 7.82.